The van der Waals surface area contributed by atoms with Crippen molar-refractivity contribution in [3.8, 4) is 0 Å². The summed E-state index contributed by atoms with van der Waals surface area (Å²) in [5, 5.41) is 0. The molecule has 108 valence electrons. The molecule has 0 atom stereocenters. The summed E-state index contributed by atoms with van der Waals surface area (Å²) in [6.07, 6.45) is 1.88. The number of nitrogens with zero attached hydrogens (tertiary/aromatic N) is 1. The third-order valence-corrected chi connectivity index (χ3v) is 4.00. The maximum atomic E-state index is 14.0. The van der Waals surface area contributed by atoms with E-state index in [1.54, 1.807) is 17.0 Å². The zero-order valence-electron chi connectivity index (χ0n) is 12.1. The fraction of sp³-hybridized carbons (Fsp3) is 0.278. The Bertz CT molecular complexity index is 681. The third-order valence-electron chi connectivity index (χ3n) is 4.00. The molecule has 2 aromatic rings. The van der Waals surface area contributed by atoms with Crippen molar-refractivity contribution >= 4 is 5.91 Å². The van der Waals surface area contributed by atoms with E-state index in [9.17, 15) is 9.18 Å². The van der Waals surface area contributed by atoms with Gasteiger partial charge in [0.15, 0.2) is 0 Å². The number of fused-ring (bicyclic) bond motifs is 1. The number of halogens is 1. The SMILES string of the molecule is Cc1ccc(C(=O)N2CCCc3ccccc3C2)c(F)c1. The fourth-order valence-corrected chi connectivity index (χ4v) is 2.84. The molecule has 3 rings (SSSR count). The molecule has 0 aromatic heterocycles. The van der Waals surface area contributed by atoms with Crippen molar-refractivity contribution in [2.45, 2.75) is 26.3 Å². The van der Waals surface area contributed by atoms with Crippen LogP contribution in [0.15, 0.2) is 42.5 Å². The van der Waals surface area contributed by atoms with Crippen molar-refractivity contribution in [2.75, 3.05) is 6.54 Å². The van der Waals surface area contributed by atoms with Gasteiger partial charge in [0.25, 0.3) is 5.91 Å². The molecular weight excluding hydrogens is 265 g/mol. The predicted molar refractivity (Wildman–Crippen MR) is 80.6 cm³/mol. The Labute approximate surface area is 124 Å². The molecule has 0 saturated heterocycles. The first kappa shape index (κ1) is 13.8. The van der Waals surface area contributed by atoms with Crippen LogP contribution in [0.1, 0.15) is 33.5 Å². The highest BCUT2D eigenvalue weighted by Crippen LogP contribution is 2.21. The number of carbonyl (C=O) groups is 1. The van der Waals surface area contributed by atoms with Crippen LogP contribution in [0.25, 0.3) is 0 Å². The van der Waals surface area contributed by atoms with Crippen LogP contribution in [0.2, 0.25) is 0 Å². The zero-order chi connectivity index (χ0) is 14.8. The number of amides is 1. The normalized spacial score (nSPS) is 14.5. The summed E-state index contributed by atoms with van der Waals surface area (Å²) in [6, 6.07) is 12.9. The second-order valence-electron chi connectivity index (χ2n) is 5.58. The summed E-state index contributed by atoms with van der Waals surface area (Å²) in [6.45, 7) is 3.04. The summed E-state index contributed by atoms with van der Waals surface area (Å²) < 4.78 is 14.0. The molecule has 0 N–H and O–H groups in total. The predicted octanol–water partition coefficient (Wildman–Crippen LogP) is 3.72. The van der Waals surface area contributed by atoms with Crippen LogP contribution in [0.3, 0.4) is 0 Å². The van der Waals surface area contributed by atoms with E-state index in [-0.39, 0.29) is 11.5 Å². The van der Waals surface area contributed by atoms with Crippen molar-refractivity contribution in [3.63, 3.8) is 0 Å². The van der Waals surface area contributed by atoms with Crippen molar-refractivity contribution in [1.29, 1.82) is 0 Å². The van der Waals surface area contributed by atoms with Crippen LogP contribution in [0.5, 0.6) is 0 Å². The van der Waals surface area contributed by atoms with Crippen molar-refractivity contribution < 1.29 is 9.18 Å². The topological polar surface area (TPSA) is 20.3 Å². The maximum absolute atomic E-state index is 14.0. The molecule has 0 spiro atoms. The van der Waals surface area contributed by atoms with E-state index in [4.69, 9.17) is 0 Å². The maximum Gasteiger partial charge on any atom is 0.257 e. The van der Waals surface area contributed by atoms with Crippen molar-refractivity contribution in [3.05, 3.63) is 70.5 Å². The third kappa shape index (κ3) is 2.82. The minimum atomic E-state index is -0.433. The summed E-state index contributed by atoms with van der Waals surface area (Å²) in [4.78, 5) is 14.3. The summed E-state index contributed by atoms with van der Waals surface area (Å²) >= 11 is 0. The molecule has 0 bridgehead atoms. The van der Waals surface area contributed by atoms with Crippen LogP contribution >= 0.6 is 0 Å². The molecule has 2 nitrogen and oxygen atoms in total. The second kappa shape index (κ2) is 5.68. The van der Waals surface area contributed by atoms with Crippen LogP contribution in [0.4, 0.5) is 4.39 Å². The van der Waals surface area contributed by atoms with E-state index in [1.807, 2.05) is 25.1 Å². The van der Waals surface area contributed by atoms with E-state index >= 15 is 0 Å². The van der Waals surface area contributed by atoms with Gasteiger partial charge in [-0.05, 0) is 48.6 Å². The van der Waals surface area contributed by atoms with Gasteiger partial charge in [-0.25, -0.2) is 4.39 Å². The molecule has 0 fully saturated rings. The molecule has 1 amide bonds. The average molecular weight is 283 g/mol. The molecule has 3 heteroatoms. The Hall–Kier alpha value is -2.16. The van der Waals surface area contributed by atoms with Gasteiger partial charge < -0.3 is 4.90 Å². The van der Waals surface area contributed by atoms with Crippen LogP contribution in [0, 0.1) is 12.7 Å². The van der Waals surface area contributed by atoms with Crippen molar-refractivity contribution in [2.24, 2.45) is 0 Å². The van der Waals surface area contributed by atoms with Gasteiger partial charge in [0.1, 0.15) is 5.82 Å². The minimum Gasteiger partial charge on any atom is -0.334 e. The Morgan fingerprint density at radius 2 is 1.90 bits per heavy atom. The van der Waals surface area contributed by atoms with Gasteiger partial charge >= 0.3 is 0 Å². The first-order valence-corrected chi connectivity index (χ1v) is 7.27. The van der Waals surface area contributed by atoms with E-state index < -0.39 is 5.82 Å². The Kier molecular flexibility index (Phi) is 3.74. The van der Waals surface area contributed by atoms with E-state index in [2.05, 4.69) is 6.07 Å². The minimum absolute atomic E-state index is 0.167. The Morgan fingerprint density at radius 1 is 1.14 bits per heavy atom. The number of rotatable bonds is 1. The van der Waals surface area contributed by atoms with E-state index in [0.29, 0.717) is 13.1 Å². The zero-order valence-corrected chi connectivity index (χ0v) is 12.1. The lowest BCUT2D eigenvalue weighted by molar-refractivity contribution is 0.0741. The van der Waals surface area contributed by atoms with Gasteiger partial charge in [0.05, 0.1) is 5.56 Å². The lowest BCUT2D eigenvalue weighted by Crippen LogP contribution is -2.31. The van der Waals surface area contributed by atoms with Gasteiger partial charge in [-0.3, -0.25) is 4.79 Å². The number of hydrogen-bond donors (Lipinski definition) is 0. The highest BCUT2D eigenvalue weighted by atomic mass is 19.1. The molecule has 2 aromatic carbocycles. The lowest BCUT2D eigenvalue weighted by atomic mass is 10.0. The van der Waals surface area contributed by atoms with Gasteiger partial charge in [0, 0.05) is 13.1 Å². The second-order valence-corrected chi connectivity index (χ2v) is 5.58. The van der Waals surface area contributed by atoms with Crippen molar-refractivity contribution in [1.82, 2.24) is 4.90 Å². The molecule has 0 saturated carbocycles. The summed E-state index contributed by atoms with van der Waals surface area (Å²) in [7, 11) is 0. The summed E-state index contributed by atoms with van der Waals surface area (Å²) in [5.41, 5.74) is 3.44. The Balaban J connectivity index is 1.88. The number of carbonyl (C=O) groups excluding carboxylic acids is 1. The first-order valence-electron chi connectivity index (χ1n) is 7.27. The molecule has 21 heavy (non-hydrogen) atoms. The van der Waals surface area contributed by atoms with Crippen LogP contribution < -0.4 is 0 Å². The lowest BCUT2D eigenvalue weighted by Gasteiger charge is -2.21. The van der Waals surface area contributed by atoms with Gasteiger partial charge in [-0.15, -0.1) is 0 Å². The highest BCUT2D eigenvalue weighted by Gasteiger charge is 2.22. The summed E-state index contributed by atoms with van der Waals surface area (Å²) in [5.74, 6) is -0.651. The molecular formula is C18H18FNO. The monoisotopic (exact) mass is 283 g/mol. The highest BCUT2D eigenvalue weighted by molar-refractivity contribution is 5.94. The van der Waals surface area contributed by atoms with E-state index in [0.717, 1.165) is 24.0 Å². The molecule has 1 aliphatic heterocycles. The van der Waals surface area contributed by atoms with Gasteiger partial charge in [-0.1, -0.05) is 30.3 Å². The number of aryl methyl sites for hydroxylation is 2. The molecule has 0 unspecified atom stereocenters. The largest absolute Gasteiger partial charge is 0.334 e. The quantitative estimate of drug-likeness (QED) is 0.781. The number of hydrogen-bond acceptors (Lipinski definition) is 1. The average Bonchev–Trinajstić information content (AvgIpc) is 2.68. The first-order chi connectivity index (χ1) is 10.1. The van der Waals surface area contributed by atoms with Gasteiger partial charge in [-0.2, -0.15) is 0 Å². The molecule has 0 aliphatic carbocycles. The smallest absolute Gasteiger partial charge is 0.257 e. The Morgan fingerprint density at radius 3 is 2.67 bits per heavy atom. The molecule has 1 aliphatic rings. The molecule has 1 heterocycles. The fourth-order valence-electron chi connectivity index (χ4n) is 2.84. The standard InChI is InChI=1S/C18H18FNO/c1-13-8-9-16(17(19)11-13)18(21)20-10-4-7-14-5-2-3-6-15(14)12-20/h2-3,5-6,8-9,11H,4,7,10,12H2,1H3. The van der Waals surface area contributed by atoms with E-state index in [1.165, 1.54) is 11.6 Å². The van der Waals surface area contributed by atoms with Crippen LogP contribution in [-0.4, -0.2) is 17.4 Å². The van der Waals surface area contributed by atoms with Crippen LogP contribution in [-0.2, 0) is 13.0 Å². The molecule has 0 radical (unpaired) electrons. The number of benzene rings is 2. The van der Waals surface area contributed by atoms with Gasteiger partial charge in [0.2, 0.25) is 0 Å².